The molecule has 0 radical (unpaired) electrons. The largest absolute Gasteiger partial charge is 0.309 e. The lowest BCUT2D eigenvalue weighted by Gasteiger charge is -2.19. The highest BCUT2D eigenvalue weighted by atomic mass is 79.9. The van der Waals surface area contributed by atoms with Gasteiger partial charge in [-0.1, -0.05) is 19.1 Å². The third-order valence-electron chi connectivity index (χ3n) is 3.45. The number of thiazole rings is 1. The van der Waals surface area contributed by atoms with E-state index in [-0.39, 0.29) is 11.9 Å². The van der Waals surface area contributed by atoms with Gasteiger partial charge in [-0.25, -0.2) is 9.37 Å². The van der Waals surface area contributed by atoms with Crippen LogP contribution in [0.3, 0.4) is 0 Å². The van der Waals surface area contributed by atoms with Crippen molar-refractivity contribution in [3.63, 3.8) is 0 Å². The molecule has 114 valence electrons. The Morgan fingerprint density at radius 1 is 1.38 bits per heavy atom. The van der Waals surface area contributed by atoms with Crippen molar-refractivity contribution < 1.29 is 4.39 Å². The van der Waals surface area contributed by atoms with Gasteiger partial charge in [0, 0.05) is 22.9 Å². The highest BCUT2D eigenvalue weighted by Gasteiger charge is 2.19. The molecule has 1 N–H and O–H groups in total. The summed E-state index contributed by atoms with van der Waals surface area (Å²) in [5.74, 6) is -0.184. The zero-order chi connectivity index (χ0) is 15.4. The summed E-state index contributed by atoms with van der Waals surface area (Å²) in [6.45, 7) is 7.06. The second kappa shape index (κ2) is 7.47. The first-order chi connectivity index (χ1) is 10.0. The van der Waals surface area contributed by atoms with Crippen LogP contribution in [0.5, 0.6) is 0 Å². The maximum absolute atomic E-state index is 14.4. The smallest absolute Gasteiger partial charge is 0.142 e. The summed E-state index contributed by atoms with van der Waals surface area (Å²) >= 11 is 4.96. The summed E-state index contributed by atoms with van der Waals surface area (Å²) in [7, 11) is 0. The predicted octanol–water partition coefficient (Wildman–Crippen LogP) is 4.94. The van der Waals surface area contributed by atoms with E-state index in [1.54, 1.807) is 17.4 Å². The number of hydrogen-bond donors (Lipinski definition) is 1. The number of benzene rings is 1. The third kappa shape index (κ3) is 4.11. The van der Waals surface area contributed by atoms with E-state index in [9.17, 15) is 4.39 Å². The number of rotatable bonds is 6. The molecule has 0 aliphatic rings. The van der Waals surface area contributed by atoms with Crippen LogP contribution in [0.15, 0.2) is 22.7 Å². The zero-order valence-electron chi connectivity index (χ0n) is 12.5. The fraction of sp³-hybridized carbons (Fsp3) is 0.438. The molecule has 2 aromatic rings. The monoisotopic (exact) mass is 370 g/mol. The van der Waals surface area contributed by atoms with E-state index in [0.29, 0.717) is 16.5 Å². The average molecular weight is 371 g/mol. The van der Waals surface area contributed by atoms with Crippen molar-refractivity contribution in [3.8, 4) is 0 Å². The molecule has 0 spiro atoms. The van der Waals surface area contributed by atoms with Gasteiger partial charge < -0.3 is 5.32 Å². The molecule has 0 bridgehead atoms. The van der Waals surface area contributed by atoms with Crippen LogP contribution in [-0.2, 0) is 6.42 Å². The van der Waals surface area contributed by atoms with E-state index >= 15 is 0 Å². The van der Waals surface area contributed by atoms with Crippen molar-refractivity contribution in [3.05, 3.63) is 49.6 Å². The first-order valence-corrected chi connectivity index (χ1v) is 8.74. The molecule has 5 heteroatoms. The van der Waals surface area contributed by atoms with Crippen molar-refractivity contribution >= 4 is 27.3 Å². The Kier molecular flexibility index (Phi) is 5.90. The van der Waals surface area contributed by atoms with E-state index in [4.69, 9.17) is 0 Å². The van der Waals surface area contributed by atoms with Crippen molar-refractivity contribution in [1.29, 1.82) is 0 Å². The standard InChI is InChI=1S/C16H20BrFN2S/c1-4-8-19-14(9-15-20-10(2)11(3)21-15)12-6-5-7-13(17)16(12)18/h5-7,14,19H,4,8-9H2,1-3H3. The van der Waals surface area contributed by atoms with E-state index in [1.165, 1.54) is 4.88 Å². The van der Waals surface area contributed by atoms with Crippen LogP contribution in [-0.4, -0.2) is 11.5 Å². The number of aromatic nitrogens is 1. The molecular weight excluding hydrogens is 351 g/mol. The Hall–Kier alpha value is -0.780. The molecule has 21 heavy (non-hydrogen) atoms. The number of nitrogens with zero attached hydrogens (tertiary/aromatic N) is 1. The summed E-state index contributed by atoms with van der Waals surface area (Å²) < 4.78 is 14.9. The second-order valence-electron chi connectivity index (χ2n) is 5.10. The lowest BCUT2D eigenvalue weighted by molar-refractivity contribution is 0.494. The Morgan fingerprint density at radius 2 is 2.14 bits per heavy atom. The molecule has 1 unspecified atom stereocenters. The van der Waals surface area contributed by atoms with Crippen molar-refractivity contribution in [2.45, 2.75) is 39.7 Å². The normalized spacial score (nSPS) is 12.6. The van der Waals surface area contributed by atoms with Gasteiger partial charge in [-0.2, -0.15) is 0 Å². The average Bonchev–Trinajstić information content (AvgIpc) is 2.76. The fourth-order valence-corrected chi connectivity index (χ4v) is 3.56. The minimum absolute atomic E-state index is 0.0487. The zero-order valence-corrected chi connectivity index (χ0v) is 14.9. The summed E-state index contributed by atoms with van der Waals surface area (Å²) in [6.07, 6.45) is 1.73. The molecule has 2 rings (SSSR count). The molecule has 0 saturated carbocycles. The molecule has 1 heterocycles. The minimum atomic E-state index is -0.184. The number of hydrogen-bond acceptors (Lipinski definition) is 3. The highest BCUT2D eigenvalue weighted by Crippen LogP contribution is 2.28. The Balaban J connectivity index is 2.27. The maximum atomic E-state index is 14.4. The summed E-state index contributed by atoms with van der Waals surface area (Å²) in [5.41, 5.74) is 1.77. The van der Waals surface area contributed by atoms with Gasteiger partial charge in [0.15, 0.2) is 0 Å². The minimum Gasteiger partial charge on any atom is -0.309 e. The highest BCUT2D eigenvalue weighted by molar-refractivity contribution is 9.10. The first kappa shape index (κ1) is 16.6. The first-order valence-electron chi connectivity index (χ1n) is 7.13. The Bertz CT molecular complexity index is 593. The Labute approximate surface area is 137 Å². The van der Waals surface area contributed by atoms with Crippen molar-refractivity contribution in [2.24, 2.45) is 0 Å². The van der Waals surface area contributed by atoms with Gasteiger partial charge in [0.1, 0.15) is 5.82 Å². The van der Waals surface area contributed by atoms with Gasteiger partial charge >= 0.3 is 0 Å². The molecule has 2 nitrogen and oxygen atoms in total. The molecule has 1 atom stereocenters. The number of nitrogens with one attached hydrogen (secondary N) is 1. The van der Waals surface area contributed by atoms with E-state index < -0.39 is 0 Å². The Morgan fingerprint density at radius 3 is 2.76 bits per heavy atom. The van der Waals surface area contributed by atoms with E-state index in [1.807, 2.05) is 19.1 Å². The van der Waals surface area contributed by atoms with Gasteiger partial charge in [-0.05, 0) is 48.8 Å². The molecular formula is C16H20BrFN2S. The summed E-state index contributed by atoms with van der Waals surface area (Å²) in [4.78, 5) is 5.81. The molecule has 1 aromatic carbocycles. The number of aryl methyl sites for hydroxylation is 2. The second-order valence-corrected chi connectivity index (χ2v) is 7.25. The lowest BCUT2D eigenvalue weighted by Crippen LogP contribution is -2.25. The molecule has 0 amide bonds. The quantitative estimate of drug-likeness (QED) is 0.778. The van der Waals surface area contributed by atoms with Crippen molar-refractivity contribution in [2.75, 3.05) is 6.54 Å². The molecule has 0 aliphatic carbocycles. The van der Waals surface area contributed by atoms with Gasteiger partial charge in [0.05, 0.1) is 15.2 Å². The van der Waals surface area contributed by atoms with Crippen LogP contribution in [0.4, 0.5) is 4.39 Å². The molecule has 0 fully saturated rings. The van der Waals surface area contributed by atoms with Gasteiger partial charge in [-0.15, -0.1) is 11.3 Å². The van der Waals surface area contributed by atoms with Gasteiger partial charge in [0.25, 0.3) is 0 Å². The summed E-state index contributed by atoms with van der Waals surface area (Å²) in [5, 5.41) is 4.49. The molecule has 0 aliphatic heterocycles. The lowest BCUT2D eigenvalue weighted by atomic mass is 10.0. The SMILES string of the molecule is CCCNC(Cc1nc(C)c(C)s1)c1cccc(Br)c1F. The van der Waals surface area contributed by atoms with Gasteiger partial charge in [0.2, 0.25) is 0 Å². The van der Waals surface area contributed by atoms with Crippen LogP contribution >= 0.6 is 27.3 Å². The predicted molar refractivity (Wildman–Crippen MR) is 90.4 cm³/mol. The third-order valence-corrected chi connectivity index (χ3v) is 5.16. The van der Waals surface area contributed by atoms with Crippen LogP contribution < -0.4 is 5.32 Å². The molecule has 1 aromatic heterocycles. The van der Waals surface area contributed by atoms with Crippen molar-refractivity contribution in [1.82, 2.24) is 10.3 Å². The number of halogens is 2. The van der Waals surface area contributed by atoms with Crippen LogP contribution in [0.25, 0.3) is 0 Å². The molecule has 0 saturated heterocycles. The van der Waals surface area contributed by atoms with E-state index in [0.717, 1.165) is 23.7 Å². The topological polar surface area (TPSA) is 24.9 Å². The van der Waals surface area contributed by atoms with E-state index in [2.05, 4.69) is 40.1 Å². The van der Waals surface area contributed by atoms with Crippen LogP contribution in [0.1, 0.15) is 40.5 Å². The maximum Gasteiger partial charge on any atom is 0.142 e. The van der Waals surface area contributed by atoms with Crippen LogP contribution in [0, 0.1) is 19.7 Å². The van der Waals surface area contributed by atoms with Gasteiger partial charge in [-0.3, -0.25) is 0 Å². The summed E-state index contributed by atoms with van der Waals surface area (Å²) in [6, 6.07) is 5.41. The van der Waals surface area contributed by atoms with Crippen LogP contribution in [0.2, 0.25) is 0 Å². The fourth-order valence-electron chi connectivity index (χ4n) is 2.20.